The van der Waals surface area contributed by atoms with Crippen LogP contribution in [-0.2, 0) is 6.54 Å². The summed E-state index contributed by atoms with van der Waals surface area (Å²) in [6, 6.07) is 0. The predicted molar refractivity (Wildman–Crippen MR) is 85.3 cm³/mol. The largest absolute Gasteiger partial charge is 0.350 e. The average Bonchev–Trinajstić information content (AvgIpc) is 2.64. The zero-order chi connectivity index (χ0) is 14.6. The Labute approximate surface area is 121 Å². The highest BCUT2D eigenvalue weighted by Gasteiger charge is 2.14. The molecule has 5 heteroatoms. The predicted octanol–water partition coefficient (Wildman–Crippen LogP) is 2.34. The summed E-state index contributed by atoms with van der Waals surface area (Å²) in [7, 11) is 6.31. The zero-order valence-corrected chi connectivity index (χ0v) is 14.2. The van der Waals surface area contributed by atoms with Gasteiger partial charge < -0.3 is 15.1 Å². The van der Waals surface area contributed by atoms with Crippen LogP contribution < -0.4 is 10.2 Å². The van der Waals surface area contributed by atoms with E-state index >= 15 is 0 Å². The highest BCUT2D eigenvalue weighted by Crippen LogP contribution is 2.25. The summed E-state index contributed by atoms with van der Waals surface area (Å²) < 4.78 is 0. The average molecular weight is 284 g/mol. The third-order valence-corrected chi connectivity index (χ3v) is 4.14. The molecule has 0 fully saturated rings. The number of thiazole rings is 1. The molecule has 1 heterocycles. The molecule has 0 bridgehead atoms. The minimum absolute atomic E-state index is 0.146. The van der Waals surface area contributed by atoms with Gasteiger partial charge in [-0.05, 0) is 41.8 Å². The Balaban J connectivity index is 2.62. The normalized spacial score (nSPS) is 12.2. The van der Waals surface area contributed by atoms with Crippen molar-refractivity contribution in [2.45, 2.75) is 39.8 Å². The molecule has 0 radical (unpaired) electrons. The van der Waals surface area contributed by atoms with Gasteiger partial charge in [0.05, 0.1) is 5.69 Å². The van der Waals surface area contributed by atoms with Crippen molar-refractivity contribution in [3.05, 3.63) is 10.6 Å². The van der Waals surface area contributed by atoms with Gasteiger partial charge in [0, 0.05) is 37.1 Å². The number of hydrogen-bond donors (Lipinski definition) is 1. The molecule has 1 aromatic heterocycles. The van der Waals surface area contributed by atoms with E-state index in [2.05, 4.69) is 68.9 Å². The van der Waals surface area contributed by atoms with Gasteiger partial charge in [0.15, 0.2) is 5.13 Å². The number of likely N-dealkylation sites (N-methyl/N-ethyl adjacent to an activating group) is 2. The lowest BCUT2D eigenvalue weighted by atomic mass is 10.1. The van der Waals surface area contributed by atoms with Crippen LogP contribution in [0.2, 0.25) is 0 Å². The van der Waals surface area contributed by atoms with Crippen LogP contribution in [0.25, 0.3) is 0 Å². The lowest BCUT2D eigenvalue weighted by molar-refractivity contribution is 0.416. The third-order valence-electron chi connectivity index (χ3n) is 2.87. The van der Waals surface area contributed by atoms with Gasteiger partial charge in [-0.15, -0.1) is 11.3 Å². The number of hydrogen-bond acceptors (Lipinski definition) is 5. The Morgan fingerprint density at radius 2 is 1.79 bits per heavy atom. The van der Waals surface area contributed by atoms with Crippen LogP contribution in [0.1, 0.15) is 31.3 Å². The van der Waals surface area contributed by atoms with Crippen LogP contribution in [0.15, 0.2) is 0 Å². The molecule has 1 aromatic rings. The lowest BCUT2D eigenvalue weighted by Crippen LogP contribution is -2.34. The fourth-order valence-corrected chi connectivity index (χ4v) is 2.52. The Kier molecular flexibility index (Phi) is 5.77. The topological polar surface area (TPSA) is 31.4 Å². The number of aromatic nitrogens is 1. The van der Waals surface area contributed by atoms with Crippen molar-refractivity contribution in [1.82, 2.24) is 15.2 Å². The molecule has 1 N–H and O–H groups in total. The van der Waals surface area contributed by atoms with E-state index in [9.17, 15) is 0 Å². The highest BCUT2D eigenvalue weighted by molar-refractivity contribution is 7.15. The number of anilines is 1. The van der Waals surface area contributed by atoms with Gasteiger partial charge in [-0.25, -0.2) is 4.98 Å². The Morgan fingerprint density at radius 3 is 2.32 bits per heavy atom. The summed E-state index contributed by atoms with van der Waals surface area (Å²) in [5.41, 5.74) is 1.29. The molecule has 0 aliphatic carbocycles. The lowest BCUT2D eigenvalue weighted by Gasteiger charge is -2.20. The number of rotatable bonds is 6. The molecule has 0 amide bonds. The highest BCUT2D eigenvalue weighted by atomic mass is 32.1. The molecular weight excluding hydrogens is 256 g/mol. The molecule has 0 atom stereocenters. The van der Waals surface area contributed by atoms with Crippen molar-refractivity contribution >= 4 is 16.5 Å². The minimum Gasteiger partial charge on any atom is -0.350 e. The van der Waals surface area contributed by atoms with Crippen LogP contribution in [-0.4, -0.2) is 49.7 Å². The Morgan fingerprint density at radius 1 is 1.16 bits per heavy atom. The van der Waals surface area contributed by atoms with Crippen LogP contribution >= 0.6 is 11.3 Å². The Hall–Kier alpha value is -0.650. The molecule has 0 saturated heterocycles. The minimum atomic E-state index is 0.146. The fourth-order valence-electron chi connectivity index (χ4n) is 1.53. The first kappa shape index (κ1) is 16.4. The molecule has 0 aliphatic rings. The van der Waals surface area contributed by atoms with Gasteiger partial charge in [-0.3, -0.25) is 0 Å². The van der Waals surface area contributed by atoms with E-state index in [1.165, 1.54) is 4.88 Å². The fraction of sp³-hybridized carbons (Fsp3) is 0.786. The molecule has 19 heavy (non-hydrogen) atoms. The smallest absolute Gasteiger partial charge is 0.185 e. The van der Waals surface area contributed by atoms with Gasteiger partial charge in [-0.2, -0.15) is 0 Å². The molecule has 0 saturated carbocycles. The van der Waals surface area contributed by atoms with Crippen LogP contribution in [0, 0.1) is 6.92 Å². The molecule has 0 aromatic carbocycles. The van der Waals surface area contributed by atoms with Crippen molar-refractivity contribution in [2.75, 3.05) is 39.1 Å². The van der Waals surface area contributed by atoms with Crippen LogP contribution in [0.5, 0.6) is 0 Å². The van der Waals surface area contributed by atoms with E-state index in [1.54, 1.807) is 11.3 Å². The van der Waals surface area contributed by atoms with Gasteiger partial charge in [0.2, 0.25) is 0 Å². The molecule has 0 unspecified atom stereocenters. The first-order valence-electron chi connectivity index (χ1n) is 6.76. The molecule has 110 valence electrons. The number of nitrogens with one attached hydrogen (secondary N) is 1. The van der Waals surface area contributed by atoms with Crippen LogP contribution in [0.4, 0.5) is 5.13 Å². The van der Waals surface area contributed by atoms with Crippen molar-refractivity contribution in [3.8, 4) is 0 Å². The van der Waals surface area contributed by atoms with E-state index in [1.807, 2.05) is 0 Å². The standard InChI is InChI=1S/C14H28N4S/c1-11-12(10-15-14(2,3)4)19-13(16-11)18(7)9-8-17(5)6/h15H,8-10H2,1-7H3. The van der Waals surface area contributed by atoms with Crippen molar-refractivity contribution in [3.63, 3.8) is 0 Å². The molecule has 1 rings (SSSR count). The second-order valence-electron chi connectivity index (χ2n) is 6.33. The SMILES string of the molecule is Cc1nc(N(C)CCN(C)C)sc1CNC(C)(C)C. The molecule has 4 nitrogen and oxygen atoms in total. The van der Waals surface area contributed by atoms with Crippen molar-refractivity contribution in [2.24, 2.45) is 0 Å². The summed E-state index contributed by atoms with van der Waals surface area (Å²) in [5.74, 6) is 0. The van der Waals surface area contributed by atoms with E-state index in [0.717, 1.165) is 30.5 Å². The third kappa shape index (κ3) is 5.89. The van der Waals surface area contributed by atoms with Gasteiger partial charge in [0.25, 0.3) is 0 Å². The van der Waals surface area contributed by atoms with Crippen LogP contribution in [0.3, 0.4) is 0 Å². The summed E-state index contributed by atoms with van der Waals surface area (Å²) in [5, 5.41) is 4.64. The van der Waals surface area contributed by atoms with Gasteiger partial charge in [0.1, 0.15) is 0 Å². The van der Waals surface area contributed by atoms with E-state index in [4.69, 9.17) is 0 Å². The Bertz CT molecular complexity index is 393. The number of aryl methyl sites for hydroxylation is 1. The monoisotopic (exact) mass is 284 g/mol. The van der Waals surface area contributed by atoms with E-state index in [0.29, 0.717) is 0 Å². The maximum Gasteiger partial charge on any atom is 0.185 e. The summed E-state index contributed by atoms with van der Waals surface area (Å²) in [4.78, 5) is 10.4. The van der Waals surface area contributed by atoms with E-state index in [-0.39, 0.29) is 5.54 Å². The second kappa shape index (κ2) is 6.68. The zero-order valence-electron chi connectivity index (χ0n) is 13.4. The van der Waals surface area contributed by atoms with Gasteiger partial charge in [-0.1, -0.05) is 0 Å². The molecule has 0 spiro atoms. The molecular formula is C14H28N4S. The summed E-state index contributed by atoms with van der Waals surface area (Å²) in [6.07, 6.45) is 0. The first-order valence-corrected chi connectivity index (χ1v) is 7.58. The number of nitrogens with zero attached hydrogens (tertiary/aromatic N) is 3. The van der Waals surface area contributed by atoms with Crippen molar-refractivity contribution in [1.29, 1.82) is 0 Å². The molecule has 0 aliphatic heterocycles. The summed E-state index contributed by atoms with van der Waals surface area (Å²) in [6.45, 7) is 11.6. The quantitative estimate of drug-likeness (QED) is 0.869. The van der Waals surface area contributed by atoms with Gasteiger partial charge >= 0.3 is 0 Å². The first-order chi connectivity index (χ1) is 8.69. The second-order valence-corrected chi connectivity index (χ2v) is 7.40. The maximum absolute atomic E-state index is 4.68. The van der Waals surface area contributed by atoms with E-state index < -0.39 is 0 Å². The maximum atomic E-state index is 4.68. The van der Waals surface area contributed by atoms with Crippen molar-refractivity contribution < 1.29 is 0 Å². The summed E-state index contributed by atoms with van der Waals surface area (Å²) >= 11 is 1.79.